The normalized spacial score (nSPS) is 19.1. The van der Waals surface area contributed by atoms with E-state index in [4.69, 9.17) is 19.4 Å². The monoisotopic (exact) mass is 465 g/mol. The number of rotatable bonds is 6. The molecule has 0 spiro atoms. The number of amides is 1. The molecule has 0 bridgehead atoms. The zero-order chi connectivity index (χ0) is 23.7. The molecular weight excluding hydrogens is 438 g/mol. The van der Waals surface area contributed by atoms with Crippen molar-refractivity contribution >= 4 is 11.9 Å². The van der Waals surface area contributed by atoms with Crippen LogP contribution in [0.3, 0.4) is 0 Å². The summed E-state index contributed by atoms with van der Waals surface area (Å²) in [6, 6.07) is 1.28. The van der Waals surface area contributed by atoms with Crippen molar-refractivity contribution in [3.05, 3.63) is 23.1 Å². The van der Waals surface area contributed by atoms with E-state index in [1.54, 1.807) is 0 Å². The number of carbonyl (C=O) groups is 2. The van der Waals surface area contributed by atoms with Gasteiger partial charge in [0.25, 0.3) is 0 Å². The number of carboxylic acids is 1. The van der Waals surface area contributed by atoms with Crippen LogP contribution in [0.1, 0.15) is 36.9 Å². The van der Waals surface area contributed by atoms with Crippen molar-refractivity contribution in [2.24, 2.45) is 5.92 Å². The topological polar surface area (TPSA) is 110 Å². The number of carbonyl (C=O) groups excluding carboxylic acids is 1. The quantitative estimate of drug-likeness (QED) is 0.553. The van der Waals surface area contributed by atoms with Crippen molar-refractivity contribution < 1.29 is 41.7 Å². The first-order chi connectivity index (χ1) is 15.1. The van der Waals surface area contributed by atoms with Crippen LogP contribution < -0.4 is 15.4 Å². The Hall–Kier alpha value is -2.47. The van der Waals surface area contributed by atoms with Crippen LogP contribution in [0.4, 0.5) is 17.6 Å². The Balaban J connectivity index is 0.000000451. The van der Waals surface area contributed by atoms with E-state index in [0.29, 0.717) is 29.5 Å². The number of nitrogens with zero attached hydrogens (tertiary/aromatic N) is 1. The molecule has 2 fully saturated rings. The van der Waals surface area contributed by atoms with E-state index in [1.807, 2.05) is 0 Å². The van der Waals surface area contributed by atoms with Crippen LogP contribution in [0.5, 0.6) is 5.88 Å². The summed E-state index contributed by atoms with van der Waals surface area (Å²) in [5.74, 6) is -2.39. The molecule has 180 valence electrons. The second-order valence-corrected chi connectivity index (χ2v) is 7.51. The molecule has 0 saturated carbocycles. The maximum atomic E-state index is 14.5. The Morgan fingerprint density at radius 2 is 1.97 bits per heavy atom. The average molecular weight is 465 g/mol. The van der Waals surface area contributed by atoms with Crippen LogP contribution in [-0.4, -0.2) is 61.1 Å². The molecule has 1 aromatic rings. The minimum Gasteiger partial charge on any atom is -0.481 e. The largest absolute Gasteiger partial charge is 0.490 e. The van der Waals surface area contributed by atoms with Gasteiger partial charge in [-0.2, -0.15) is 13.2 Å². The van der Waals surface area contributed by atoms with Gasteiger partial charge in [0.05, 0.1) is 18.8 Å². The third kappa shape index (κ3) is 7.90. The lowest BCUT2D eigenvalue weighted by Gasteiger charge is -2.22. The molecule has 8 nitrogen and oxygen atoms in total. The van der Waals surface area contributed by atoms with E-state index in [-0.39, 0.29) is 24.3 Å². The number of hydrogen-bond donors (Lipinski definition) is 3. The number of ether oxygens (including phenoxy) is 2. The molecular formula is C20H27F4N3O5. The van der Waals surface area contributed by atoms with Crippen molar-refractivity contribution in [1.82, 2.24) is 15.6 Å². The first-order valence-electron chi connectivity index (χ1n) is 10.2. The number of aromatic nitrogens is 1. The predicted octanol–water partition coefficient (Wildman–Crippen LogP) is 2.20. The maximum Gasteiger partial charge on any atom is 0.490 e. The van der Waals surface area contributed by atoms with Gasteiger partial charge in [0, 0.05) is 25.3 Å². The van der Waals surface area contributed by atoms with Crippen molar-refractivity contribution in [2.75, 3.05) is 26.9 Å². The summed E-state index contributed by atoms with van der Waals surface area (Å²) in [5.41, 5.74) is 0.985. The maximum absolute atomic E-state index is 14.5. The van der Waals surface area contributed by atoms with E-state index in [9.17, 15) is 22.4 Å². The van der Waals surface area contributed by atoms with Crippen LogP contribution >= 0.6 is 0 Å². The van der Waals surface area contributed by atoms with Crippen LogP contribution in [0.15, 0.2) is 6.07 Å². The van der Waals surface area contributed by atoms with Gasteiger partial charge in [-0.3, -0.25) is 4.79 Å². The zero-order valence-electron chi connectivity index (χ0n) is 17.6. The molecule has 12 heteroatoms. The summed E-state index contributed by atoms with van der Waals surface area (Å²) in [7, 11) is 1.52. The second kappa shape index (κ2) is 12.0. The number of halogens is 4. The molecule has 1 aromatic heterocycles. The van der Waals surface area contributed by atoms with Gasteiger partial charge in [-0.15, -0.1) is 0 Å². The van der Waals surface area contributed by atoms with E-state index in [2.05, 4.69) is 15.6 Å². The molecule has 0 aliphatic carbocycles. The molecule has 3 N–H and O–H groups in total. The van der Waals surface area contributed by atoms with Crippen LogP contribution in [0.2, 0.25) is 0 Å². The number of alkyl halides is 3. The van der Waals surface area contributed by atoms with Crippen molar-refractivity contribution in [2.45, 2.75) is 50.9 Å². The number of methoxy groups -OCH3 is 1. The Morgan fingerprint density at radius 3 is 2.50 bits per heavy atom. The van der Waals surface area contributed by atoms with Gasteiger partial charge in [0.15, 0.2) is 0 Å². The Kier molecular flexibility index (Phi) is 9.63. The molecule has 2 aliphatic rings. The fraction of sp³-hybridized carbons (Fsp3) is 0.650. The molecule has 0 aromatic carbocycles. The van der Waals surface area contributed by atoms with Gasteiger partial charge >= 0.3 is 12.1 Å². The van der Waals surface area contributed by atoms with Gasteiger partial charge in [0.2, 0.25) is 11.8 Å². The van der Waals surface area contributed by atoms with E-state index in [1.165, 1.54) is 13.2 Å². The number of aliphatic carboxylic acids is 1. The van der Waals surface area contributed by atoms with E-state index < -0.39 is 12.1 Å². The van der Waals surface area contributed by atoms with Gasteiger partial charge in [-0.1, -0.05) is 0 Å². The molecule has 2 aliphatic heterocycles. The fourth-order valence-electron chi connectivity index (χ4n) is 3.43. The van der Waals surface area contributed by atoms with Crippen LogP contribution in [0, 0.1) is 11.7 Å². The van der Waals surface area contributed by atoms with Crippen molar-refractivity contribution in [3.8, 4) is 5.88 Å². The first kappa shape index (κ1) is 25.8. The average Bonchev–Trinajstić information content (AvgIpc) is 3.29. The molecule has 1 amide bonds. The zero-order valence-corrected chi connectivity index (χ0v) is 17.6. The summed E-state index contributed by atoms with van der Waals surface area (Å²) in [6.45, 7) is 2.52. The third-order valence-electron chi connectivity index (χ3n) is 5.18. The SMILES string of the molecule is COc1nc(CC2CCOCC2)c(F)cc1CNC(=O)[C@@H]1CCCN1.O=C(O)C(F)(F)F. The number of hydrogen-bond acceptors (Lipinski definition) is 6. The smallest absolute Gasteiger partial charge is 0.481 e. The summed E-state index contributed by atoms with van der Waals surface area (Å²) in [5, 5.41) is 13.1. The fourth-order valence-corrected chi connectivity index (χ4v) is 3.43. The standard InChI is InChI=1S/C18H26FN3O3.C2HF3O2/c1-24-18-13(11-21-17(23)15-3-2-6-20-15)10-14(19)16(22-18)9-12-4-7-25-8-5-12;3-2(4,5)1(6)7/h10,12,15,20H,2-9,11H2,1H3,(H,21,23);(H,6,7)/t15-;/m0./s1. The van der Waals surface area contributed by atoms with Crippen molar-refractivity contribution in [1.29, 1.82) is 0 Å². The highest BCUT2D eigenvalue weighted by atomic mass is 19.4. The molecule has 1 atom stereocenters. The lowest BCUT2D eigenvalue weighted by molar-refractivity contribution is -0.192. The molecule has 0 unspecified atom stereocenters. The van der Waals surface area contributed by atoms with Crippen LogP contribution in [-0.2, 0) is 27.3 Å². The summed E-state index contributed by atoms with van der Waals surface area (Å²) in [4.78, 5) is 25.3. The highest BCUT2D eigenvalue weighted by Crippen LogP contribution is 2.24. The van der Waals surface area contributed by atoms with Crippen molar-refractivity contribution in [3.63, 3.8) is 0 Å². The molecule has 3 heterocycles. The van der Waals surface area contributed by atoms with Gasteiger partial charge in [-0.25, -0.2) is 14.2 Å². The molecule has 32 heavy (non-hydrogen) atoms. The highest BCUT2D eigenvalue weighted by Gasteiger charge is 2.38. The Bertz CT molecular complexity index is 779. The Morgan fingerprint density at radius 1 is 1.31 bits per heavy atom. The highest BCUT2D eigenvalue weighted by molar-refractivity contribution is 5.82. The van der Waals surface area contributed by atoms with Gasteiger partial charge in [-0.05, 0) is 50.6 Å². The summed E-state index contributed by atoms with van der Waals surface area (Å²) < 4.78 is 56.9. The molecule has 0 radical (unpaired) electrons. The minimum absolute atomic E-state index is 0.0637. The summed E-state index contributed by atoms with van der Waals surface area (Å²) in [6.07, 6.45) is -0.812. The number of nitrogens with one attached hydrogen (secondary N) is 2. The van der Waals surface area contributed by atoms with E-state index in [0.717, 1.165) is 45.4 Å². The lowest BCUT2D eigenvalue weighted by Crippen LogP contribution is -2.40. The second-order valence-electron chi connectivity index (χ2n) is 7.51. The van der Waals surface area contributed by atoms with Crippen LogP contribution in [0.25, 0.3) is 0 Å². The molecule has 3 rings (SSSR count). The molecule has 2 saturated heterocycles. The summed E-state index contributed by atoms with van der Waals surface area (Å²) >= 11 is 0. The van der Waals surface area contributed by atoms with Gasteiger partial charge < -0.3 is 25.2 Å². The first-order valence-corrected chi connectivity index (χ1v) is 10.2. The van der Waals surface area contributed by atoms with Gasteiger partial charge in [0.1, 0.15) is 5.82 Å². The lowest BCUT2D eigenvalue weighted by atomic mass is 9.94. The Labute approximate surface area is 182 Å². The minimum atomic E-state index is -5.08. The number of pyridine rings is 1. The predicted molar refractivity (Wildman–Crippen MR) is 105 cm³/mol. The third-order valence-corrected chi connectivity index (χ3v) is 5.18. The number of carboxylic acid groups (broad SMARTS) is 1. The van der Waals surface area contributed by atoms with E-state index >= 15 is 0 Å².